The highest BCUT2D eigenvalue weighted by Crippen LogP contribution is 2.35. The number of nitrogens with one attached hydrogen (secondary N) is 1. The van der Waals surface area contributed by atoms with Gasteiger partial charge < -0.3 is 5.32 Å². The fraction of sp³-hybridized carbons (Fsp3) is 0.312. The highest BCUT2D eigenvalue weighted by Gasteiger charge is 2.29. The predicted molar refractivity (Wildman–Crippen MR) is 73.3 cm³/mol. The van der Waals surface area contributed by atoms with Crippen LogP contribution < -0.4 is 5.32 Å². The standard InChI is InChI=1S/C16H17FN2/c1-18-16(14-6-7-19-10-15(14)17)13-8-11-4-2-3-5-12(11)9-13/h2-7,10,13,16,18H,8-9H2,1H3. The molecule has 0 spiro atoms. The van der Waals surface area contributed by atoms with E-state index in [1.165, 1.54) is 17.3 Å². The molecule has 1 aromatic heterocycles. The van der Waals surface area contributed by atoms with Crippen LogP contribution in [0.15, 0.2) is 42.7 Å². The second-order valence-corrected chi connectivity index (χ2v) is 5.10. The normalized spacial score (nSPS) is 16.3. The van der Waals surface area contributed by atoms with Crippen molar-refractivity contribution in [3.8, 4) is 0 Å². The molecule has 19 heavy (non-hydrogen) atoms. The van der Waals surface area contributed by atoms with Crippen LogP contribution in [-0.4, -0.2) is 12.0 Å². The molecule has 3 rings (SSSR count). The molecule has 2 aromatic rings. The summed E-state index contributed by atoms with van der Waals surface area (Å²) in [6, 6.07) is 10.3. The molecular weight excluding hydrogens is 239 g/mol. The number of aromatic nitrogens is 1. The Kier molecular flexibility index (Phi) is 3.30. The molecule has 1 unspecified atom stereocenters. The van der Waals surface area contributed by atoms with E-state index >= 15 is 0 Å². The van der Waals surface area contributed by atoms with Crippen LogP contribution in [0.5, 0.6) is 0 Å². The summed E-state index contributed by atoms with van der Waals surface area (Å²) in [6.07, 6.45) is 4.96. The zero-order chi connectivity index (χ0) is 13.2. The maximum atomic E-state index is 13.9. The molecule has 0 saturated heterocycles. The number of fused-ring (bicyclic) bond motifs is 1. The molecule has 1 N–H and O–H groups in total. The van der Waals surface area contributed by atoms with Crippen LogP contribution >= 0.6 is 0 Å². The van der Waals surface area contributed by atoms with Gasteiger partial charge in [-0.05, 0) is 43.0 Å². The molecule has 1 aromatic carbocycles. The molecule has 98 valence electrons. The van der Waals surface area contributed by atoms with E-state index in [1.54, 1.807) is 12.3 Å². The minimum Gasteiger partial charge on any atom is -0.313 e. The zero-order valence-electron chi connectivity index (χ0n) is 10.9. The Balaban J connectivity index is 1.88. The summed E-state index contributed by atoms with van der Waals surface area (Å²) >= 11 is 0. The number of nitrogens with zero attached hydrogens (tertiary/aromatic N) is 1. The average molecular weight is 256 g/mol. The van der Waals surface area contributed by atoms with E-state index in [9.17, 15) is 4.39 Å². The first-order chi connectivity index (χ1) is 9.29. The molecule has 0 radical (unpaired) electrons. The predicted octanol–water partition coefficient (Wildman–Crippen LogP) is 2.90. The second kappa shape index (κ2) is 5.10. The Morgan fingerprint density at radius 3 is 2.47 bits per heavy atom. The third-order valence-electron chi connectivity index (χ3n) is 4.00. The molecule has 0 fully saturated rings. The summed E-state index contributed by atoms with van der Waals surface area (Å²) in [5.41, 5.74) is 3.50. The van der Waals surface area contributed by atoms with E-state index in [1.807, 2.05) is 7.05 Å². The number of hydrogen-bond donors (Lipinski definition) is 1. The van der Waals surface area contributed by atoms with E-state index in [0.717, 1.165) is 18.4 Å². The number of pyridine rings is 1. The Morgan fingerprint density at radius 1 is 1.21 bits per heavy atom. The van der Waals surface area contributed by atoms with Gasteiger partial charge in [0, 0.05) is 17.8 Å². The minimum atomic E-state index is -0.224. The molecule has 0 amide bonds. The van der Waals surface area contributed by atoms with Gasteiger partial charge in [0.05, 0.1) is 6.20 Å². The lowest BCUT2D eigenvalue weighted by atomic mass is 9.91. The van der Waals surface area contributed by atoms with Crippen molar-refractivity contribution in [3.05, 3.63) is 65.2 Å². The lowest BCUT2D eigenvalue weighted by molar-refractivity contribution is 0.383. The summed E-state index contributed by atoms with van der Waals surface area (Å²) < 4.78 is 13.9. The smallest absolute Gasteiger partial charge is 0.146 e. The van der Waals surface area contributed by atoms with Gasteiger partial charge in [0.15, 0.2) is 0 Å². The van der Waals surface area contributed by atoms with Gasteiger partial charge in [0.25, 0.3) is 0 Å². The van der Waals surface area contributed by atoms with Crippen molar-refractivity contribution in [1.29, 1.82) is 0 Å². The van der Waals surface area contributed by atoms with Crippen LogP contribution in [0.1, 0.15) is 22.7 Å². The minimum absolute atomic E-state index is 0.0374. The third-order valence-corrected chi connectivity index (χ3v) is 4.00. The summed E-state index contributed by atoms with van der Waals surface area (Å²) in [4.78, 5) is 3.82. The number of halogens is 1. The van der Waals surface area contributed by atoms with Gasteiger partial charge in [0.1, 0.15) is 5.82 Å². The summed E-state index contributed by atoms with van der Waals surface area (Å²) in [6.45, 7) is 0. The van der Waals surface area contributed by atoms with Gasteiger partial charge in [-0.25, -0.2) is 4.39 Å². The maximum absolute atomic E-state index is 13.9. The monoisotopic (exact) mass is 256 g/mol. The topological polar surface area (TPSA) is 24.9 Å². The molecule has 2 nitrogen and oxygen atoms in total. The van der Waals surface area contributed by atoms with E-state index in [2.05, 4.69) is 34.6 Å². The quantitative estimate of drug-likeness (QED) is 0.913. The van der Waals surface area contributed by atoms with E-state index in [4.69, 9.17) is 0 Å². The summed E-state index contributed by atoms with van der Waals surface area (Å²) in [5.74, 6) is 0.178. The van der Waals surface area contributed by atoms with Gasteiger partial charge >= 0.3 is 0 Å². The molecule has 1 heterocycles. The fourth-order valence-corrected chi connectivity index (χ4v) is 3.11. The van der Waals surface area contributed by atoms with Crippen molar-refractivity contribution in [2.45, 2.75) is 18.9 Å². The van der Waals surface area contributed by atoms with Crippen molar-refractivity contribution in [3.63, 3.8) is 0 Å². The Bertz CT molecular complexity index is 557. The van der Waals surface area contributed by atoms with Gasteiger partial charge in [0.2, 0.25) is 0 Å². The molecule has 0 saturated carbocycles. The molecule has 1 atom stereocenters. The number of benzene rings is 1. The van der Waals surface area contributed by atoms with Crippen molar-refractivity contribution >= 4 is 0 Å². The largest absolute Gasteiger partial charge is 0.313 e. The van der Waals surface area contributed by atoms with Gasteiger partial charge in [-0.3, -0.25) is 4.98 Å². The first-order valence-electron chi connectivity index (χ1n) is 6.63. The molecule has 0 aliphatic heterocycles. The molecule has 1 aliphatic carbocycles. The number of hydrogen-bond acceptors (Lipinski definition) is 2. The van der Waals surface area contributed by atoms with Gasteiger partial charge in [-0.15, -0.1) is 0 Å². The first kappa shape index (κ1) is 12.3. The van der Waals surface area contributed by atoms with Crippen LogP contribution in [0.4, 0.5) is 4.39 Å². The average Bonchev–Trinajstić information content (AvgIpc) is 2.85. The summed E-state index contributed by atoms with van der Waals surface area (Å²) in [5, 5.41) is 3.27. The van der Waals surface area contributed by atoms with Crippen molar-refractivity contribution in [2.75, 3.05) is 7.05 Å². The van der Waals surface area contributed by atoms with Crippen LogP contribution in [0.25, 0.3) is 0 Å². The Morgan fingerprint density at radius 2 is 1.89 bits per heavy atom. The van der Waals surface area contributed by atoms with Crippen molar-refractivity contribution < 1.29 is 4.39 Å². The van der Waals surface area contributed by atoms with Crippen LogP contribution in [-0.2, 0) is 12.8 Å². The van der Waals surface area contributed by atoms with E-state index < -0.39 is 0 Å². The lowest BCUT2D eigenvalue weighted by Crippen LogP contribution is -2.26. The first-order valence-corrected chi connectivity index (χ1v) is 6.63. The zero-order valence-corrected chi connectivity index (χ0v) is 10.9. The Hall–Kier alpha value is -1.74. The highest BCUT2D eigenvalue weighted by atomic mass is 19.1. The maximum Gasteiger partial charge on any atom is 0.146 e. The van der Waals surface area contributed by atoms with Crippen molar-refractivity contribution in [2.24, 2.45) is 5.92 Å². The molecule has 1 aliphatic rings. The summed E-state index contributed by atoms with van der Waals surface area (Å²) in [7, 11) is 1.90. The van der Waals surface area contributed by atoms with E-state index in [0.29, 0.717) is 5.92 Å². The van der Waals surface area contributed by atoms with Crippen LogP contribution in [0.2, 0.25) is 0 Å². The second-order valence-electron chi connectivity index (χ2n) is 5.10. The van der Waals surface area contributed by atoms with Crippen LogP contribution in [0, 0.1) is 11.7 Å². The highest BCUT2D eigenvalue weighted by molar-refractivity contribution is 5.34. The van der Waals surface area contributed by atoms with Gasteiger partial charge in [-0.2, -0.15) is 0 Å². The fourth-order valence-electron chi connectivity index (χ4n) is 3.11. The molecule has 3 heteroatoms. The van der Waals surface area contributed by atoms with Crippen molar-refractivity contribution in [1.82, 2.24) is 10.3 Å². The van der Waals surface area contributed by atoms with Crippen LogP contribution in [0.3, 0.4) is 0 Å². The molecular formula is C16H17FN2. The number of rotatable bonds is 3. The van der Waals surface area contributed by atoms with Gasteiger partial charge in [-0.1, -0.05) is 24.3 Å². The third kappa shape index (κ3) is 2.26. The Labute approximate surface area is 112 Å². The SMILES string of the molecule is CNC(c1ccncc1F)C1Cc2ccccc2C1. The molecule has 0 bridgehead atoms. The lowest BCUT2D eigenvalue weighted by Gasteiger charge is -2.23. The van der Waals surface area contributed by atoms with E-state index in [-0.39, 0.29) is 11.9 Å².